The van der Waals surface area contributed by atoms with Crippen molar-refractivity contribution in [3.05, 3.63) is 15.0 Å². The van der Waals surface area contributed by atoms with Crippen LogP contribution < -0.4 is 0 Å². The van der Waals surface area contributed by atoms with E-state index >= 15 is 0 Å². The first-order valence-electron chi connectivity index (χ1n) is 3.11. The highest BCUT2D eigenvalue weighted by Crippen LogP contribution is 2.31. The third-order valence-electron chi connectivity index (χ3n) is 1.21. The van der Waals surface area contributed by atoms with Crippen molar-refractivity contribution in [3.63, 3.8) is 0 Å². The lowest BCUT2D eigenvalue weighted by molar-refractivity contribution is 0.599. The molecule has 0 saturated carbocycles. The molecule has 0 bridgehead atoms. The highest BCUT2D eigenvalue weighted by atomic mass is 79.9. The molecule has 1 nitrogen and oxygen atoms in total. The Morgan fingerprint density at radius 1 is 1.50 bits per heavy atom. The van der Waals surface area contributed by atoms with Gasteiger partial charge in [0.05, 0.1) is 5.51 Å². The maximum Gasteiger partial charge on any atom is 0.120 e. The molecule has 56 valence electrons. The second-order valence-electron chi connectivity index (χ2n) is 3.22. The van der Waals surface area contributed by atoms with Gasteiger partial charge in [-0.25, -0.2) is 4.98 Å². The molecular weight excluding hydrogens is 210 g/mol. The molecule has 0 amide bonds. The van der Waals surface area contributed by atoms with E-state index in [4.69, 9.17) is 0 Å². The van der Waals surface area contributed by atoms with Gasteiger partial charge in [0.25, 0.3) is 0 Å². The lowest BCUT2D eigenvalue weighted by Gasteiger charge is -2.15. The molecular formula is C7H10BrNS. The summed E-state index contributed by atoms with van der Waals surface area (Å²) in [5.74, 6) is 0. The van der Waals surface area contributed by atoms with Crippen molar-refractivity contribution in [1.82, 2.24) is 4.98 Å². The van der Waals surface area contributed by atoms with E-state index in [0.717, 1.165) is 4.60 Å². The fourth-order valence-electron chi connectivity index (χ4n) is 0.719. The first-order chi connectivity index (χ1) is 4.52. The van der Waals surface area contributed by atoms with E-state index in [2.05, 4.69) is 41.7 Å². The van der Waals surface area contributed by atoms with E-state index in [9.17, 15) is 0 Å². The largest absolute Gasteiger partial charge is 0.237 e. The number of thiazole rings is 1. The zero-order chi connectivity index (χ0) is 7.78. The number of nitrogens with zero attached hydrogens (tertiary/aromatic N) is 1. The van der Waals surface area contributed by atoms with E-state index in [1.807, 2.05) is 5.51 Å². The van der Waals surface area contributed by atoms with Crippen LogP contribution in [-0.4, -0.2) is 4.98 Å². The summed E-state index contributed by atoms with van der Waals surface area (Å²) in [5.41, 5.74) is 2.09. The Labute approximate surface area is 73.6 Å². The molecule has 10 heavy (non-hydrogen) atoms. The average molecular weight is 220 g/mol. The van der Waals surface area contributed by atoms with Crippen LogP contribution in [0.5, 0.6) is 0 Å². The molecule has 3 heteroatoms. The van der Waals surface area contributed by atoms with Gasteiger partial charge in [-0.15, -0.1) is 11.3 Å². The highest BCUT2D eigenvalue weighted by Gasteiger charge is 2.18. The molecule has 0 saturated heterocycles. The lowest BCUT2D eigenvalue weighted by atomic mass is 9.96. The summed E-state index contributed by atoms with van der Waals surface area (Å²) >= 11 is 5.10. The first kappa shape index (κ1) is 8.21. The first-order valence-corrected chi connectivity index (χ1v) is 4.78. The second-order valence-corrected chi connectivity index (χ2v) is 4.83. The van der Waals surface area contributed by atoms with Crippen molar-refractivity contribution in [2.75, 3.05) is 0 Å². The number of hydrogen-bond donors (Lipinski definition) is 0. The summed E-state index contributed by atoms with van der Waals surface area (Å²) in [5, 5.41) is 0. The molecule has 0 fully saturated rings. The molecule has 0 aliphatic rings. The summed E-state index contributed by atoms with van der Waals surface area (Å²) in [4.78, 5) is 5.43. The molecule has 1 rings (SSSR count). The van der Waals surface area contributed by atoms with Crippen molar-refractivity contribution in [1.29, 1.82) is 0 Å². The van der Waals surface area contributed by atoms with Crippen LogP contribution in [0.15, 0.2) is 10.1 Å². The van der Waals surface area contributed by atoms with Crippen molar-refractivity contribution in [3.8, 4) is 0 Å². The van der Waals surface area contributed by atoms with Crippen molar-refractivity contribution in [2.45, 2.75) is 26.2 Å². The summed E-state index contributed by atoms with van der Waals surface area (Å²) < 4.78 is 0.991. The Morgan fingerprint density at radius 2 is 2.10 bits per heavy atom. The Kier molecular flexibility index (Phi) is 2.15. The smallest absolute Gasteiger partial charge is 0.120 e. The Hall–Kier alpha value is 0.110. The monoisotopic (exact) mass is 219 g/mol. The van der Waals surface area contributed by atoms with Crippen molar-refractivity contribution >= 4 is 27.3 Å². The van der Waals surface area contributed by atoms with E-state index in [1.165, 1.54) is 4.88 Å². The van der Waals surface area contributed by atoms with Crippen molar-refractivity contribution < 1.29 is 0 Å². The minimum atomic E-state index is 0.222. The van der Waals surface area contributed by atoms with E-state index in [1.54, 1.807) is 11.3 Å². The molecule has 0 radical (unpaired) electrons. The summed E-state index contributed by atoms with van der Waals surface area (Å²) in [6.07, 6.45) is 0. The summed E-state index contributed by atoms with van der Waals surface area (Å²) in [6.45, 7) is 6.56. The van der Waals surface area contributed by atoms with Crippen LogP contribution in [0.3, 0.4) is 0 Å². The molecule has 1 heterocycles. The zero-order valence-corrected chi connectivity index (χ0v) is 8.71. The molecule has 0 atom stereocenters. The van der Waals surface area contributed by atoms with Crippen LogP contribution in [0.1, 0.15) is 25.6 Å². The van der Waals surface area contributed by atoms with Gasteiger partial charge in [0.2, 0.25) is 0 Å². The van der Waals surface area contributed by atoms with Gasteiger partial charge in [-0.3, -0.25) is 0 Å². The normalized spacial score (nSPS) is 12.0. The Bertz CT molecular complexity index is 224. The molecule has 0 aliphatic carbocycles. The van der Waals surface area contributed by atoms with Crippen LogP contribution in [-0.2, 0) is 5.41 Å². The topological polar surface area (TPSA) is 12.9 Å². The fourth-order valence-corrected chi connectivity index (χ4v) is 2.60. The van der Waals surface area contributed by atoms with E-state index in [-0.39, 0.29) is 5.41 Å². The van der Waals surface area contributed by atoms with Crippen LogP contribution in [0.4, 0.5) is 0 Å². The van der Waals surface area contributed by atoms with E-state index in [0.29, 0.717) is 0 Å². The van der Waals surface area contributed by atoms with Gasteiger partial charge in [-0.1, -0.05) is 20.8 Å². The van der Waals surface area contributed by atoms with Crippen LogP contribution in [0, 0.1) is 0 Å². The van der Waals surface area contributed by atoms with Crippen molar-refractivity contribution in [2.24, 2.45) is 0 Å². The summed E-state index contributed by atoms with van der Waals surface area (Å²) in [6, 6.07) is 0. The zero-order valence-electron chi connectivity index (χ0n) is 6.31. The predicted octanol–water partition coefficient (Wildman–Crippen LogP) is 3.20. The molecule has 0 spiro atoms. The predicted molar refractivity (Wildman–Crippen MR) is 48.5 cm³/mol. The number of rotatable bonds is 0. The molecule has 1 aromatic rings. The SMILES string of the molecule is CC(C)(C)c1scnc1Br. The van der Waals surface area contributed by atoms with E-state index < -0.39 is 0 Å². The number of hydrogen-bond acceptors (Lipinski definition) is 2. The minimum Gasteiger partial charge on any atom is -0.237 e. The Morgan fingerprint density at radius 3 is 2.30 bits per heavy atom. The molecule has 0 aliphatic heterocycles. The third-order valence-corrected chi connectivity index (χ3v) is 3.32. The Balaban J connectivity index is 3.05. The fraction of sp³-hybridized carbons (Fsp3) is 0.571. The van der Waals surface area contributed by atoms with Gasteiger partial charge in [0.15, 0.2) is 0 Å². The third kappa shape index (κ3) is 1.58. The average Bonchev–Trinajstić information content (AvgIpc) is 2.11. The number of aromatic nitrogens is 1. The second kappa shape index (κ2) is 2.62. The molecule has 0 N–H and O–H groups in total. The van der Waals surface area contributed by atoms with Gasteiger partial charge in [-0.05, 0) is 21.3 Å². The highest BCUT2D eigenvalue weighted by molar-refractivity contribution is 9.10. The minimum absolute atomic E-state index is 0.222. The lowest BCUT2D eigenvalue weighted by Crippen LogP contribution is -2.09. The molecule has 0 unspecified atom stereocenters. The van der Waals surface area contributed by atoms with Gasteiger partial charge in [0.1, 0.15) is 4.60 Å². The summed E-state index contributed by atoms with van der Waals surface area (Å²) in [7, 11) is 0. The van der Waals surface area contributed by atoms with Crippen LogP contribution >= 0.6 is 27.3 Å². The van der Waals surface area contributed by atoms with Crippen LogP contribution in [0.2, 0.25) is 0 Å². The van der Waals surface area contributed by atoms with Gasteiger partial charge in [-0.2, -0.15) is 0 Å². The molecule has 0 aromatic carbocycles. The maximum absolute atomic E-state index is 4.12. The maximum atomic E-state index is 4.12. The van der Waals surface area contributed by atoms with Gasteiger partial charge in [0, 0.05) is 4.88 Å². The number of halogens is 1. The van der Waals surface area contributed by atoms with Gasteiger partial charge >= 0.3 is 0 Å². The van der Waals surface area contributed by atoms with Crippen LogP contribution in [0.25, 0.3) is 0 Å². The quantitative estimate of drug-likeness (QED) is 0.654. The van der Waals surface area contributed by atoms with Gasteiger partial charge < -0.3 is 0 Å². The molecule has 1 aromatic heterocycles. The standard InChI is InChI=1S/C7H10BrNS/c1-7(2,3)5-6(8)9-4-10-5/h4H,1-3H3.